The van der Waals surface area contributed by atoms with Gasteiger partial charge in [-0.05, 0) is 42.0 Å². The van der Waals surface area contributed by atoms with E-state index in [9.17, 15) is 4.39 Å². The van der Waals surface area contributed by atoms with Crippen LogP contribution in [0.2, 0.25) is 0 Å². The van der Waals surface area contributed by atoms with Crippen LogP contribution in [-0.4, -0.2) is 4.98 Å². The quantitative estimate of drug-likeness (QED) is 0.525. The summed E-state index contributed by atoms with van der Waals surface area (Å²) in [4.78, 5) is 5.32. The number of aromatic nitrogens is 1. The summed E-state index contributed by atoms with van der Waals surface area (Å²) in [6.45, 7) is 0. The number of nitrogens with zero attached hydrogens (tertiary/aromatic N) is 1. The van der Waals surface area contributed by atoms with Crippen molar-refractivity contribution in [3.8, 4) is 0 Å². The molecule has 0 radical (unpaired) electrons. The lowest BCUT2D eigenvalue weighted by Crippen LogP contribution is -1.92. The van der Waals surface area contributed by atoms with Gasteiger partial charge in [0, 0.05) is 32.4 Å². The zero-order valence-electron chi connectivity index (χ0n) is 11.0. The maximum Gasteiger partial charge on any atom is 0.124 e. The molecule has 3 aromatic rings. The fourth-order valence-electron chi connectivity index (χ4n) is 2.13. The average Bonchev–Trinajstić information content (AvgIpc) is 2.47. The van der Waals surface area contributed by atoms with Gasteiger partial charge in [0.15, 0.2) is 0 Å². The number of pyridine rings is 1. The lowest BCUT2D eigenvalue weighted by Gasteiger charge is -2.08. The number of thioether (sulfide) groups is 1. The normalized spacial score (nSPS) is 11.0. The highest BCUT2D eigenvalue weighted by Gasteiger charge is 2.08. The monoisotopic (exact) mass is 362 g/mol. The molecule has 0 spiro atoms. The second-order valence-electron chi connectivity index (χ2n) is 4.61. The van der Waals surface area contributed by atoms with Gasteiger partial charge in [-0.2, -0.15) is 0 Å². The molecule has 1 aromatic heterocycles. The lowest BCUT2D eigenvalue weighted by molar-refractivity contribution is 0.628. The third kappa shape index (κ3) is 3.19. The zero-order valence-corrected chi connectivity index (χ0v) is 13.4. The first-order valence-electron chi connectivity index (χ1n) is 6.34. The van der Waals surface area contributed by atoms with E-state index in [1.807, 2.05) is 30.3 Å². The Kier molecular flexibility index (Phi) is 4.12. The van der Waals surface area contributed by atoms with E-state index in [0.29, 0.717) is 5.75 Å². The molecule has 5 heteroatoms. The maximum absolute atomic E-state index is 13.7. The molecular formula is C16H12BrFN2S. The topological polar surface area (TPSA) is 38.9 Å². The standard InChI is InChI=1S/C16H12BrFN2S/c17-12-3-4-14(19)15(8-12)21-9-11-7-13(18)6-10-2-1-5-20-16(10)11/h1-8H,9,19H2. The van der Waals surface area contributed by atoms with Crippen LogP contribution >= 0.6 is 27.7 Å². The van der Waals surface area contributed by atoms with Crippen molar-refractivity contribution in [2.45, 2.75) is 10.6 Å². The Balaban J connectivity index is 1.93. The van der Waals surface area contributed by atoms with Crippen molar-refractivity contribution in [1.82, 2.24) is 4.98 Å². The number of hydrogen-bond donors (Lipinski definition) is 1. The molecule has 0 saturated heterocycles. The van der Waals surface area contributed by atoms with Gasteiger partial charge in [0.1, 0.15) is 5.82 Å². The highest BCUT2D eigenvalue weighted by molar-refractivity contribution is 9.10. The van der Waals surface area contributed by atoms with E-state index in [-0.39, 0.29) is 5.82 Å². The number of benzene rings is 2. The fourth-order valence-corrected chi connectivity index (χ4v) is 3.61. The highest BCUT2D eigenvalue weighted by atomic mass is 79.9. The first-order chi connectivity index (χ1) is 10.1. The second kappa shape index (κ2) is 6.03. The molecule has 0 unspecified atom stereocenters. The number of anilines is 1. The van der Waals surface area contributed by atoms with Gasteiger partial charge in [-0.25, -0.2) is 4.39 Å². The van der Waals surface area contributed by atoms with E-state index in [1.54, 1.807) is 18.0 Å². The summed E-state index contributed by atoms with van der Waals surface area (Å²) < 4.78 is 14.7. The minimum Gasteiger partial charge on any atom is -0.398 e. The SMILES string of the molecule is Nc1ccc(Br)cc1SCc1cc(F)cc2cccnc12. The minimum atomic E-state index is -0.242. The summed E-state index contributed by atoms with van der Waals surface area (Å²) in [5.41, 5.74) is 8.39. The summed E-state index contributed by atoms with van der Waals surface area (Å²) in [5.74, 6) is 0.375. The van der Waals surface area contributed by atoms with E-state index in [1.165, 1.54) is 12.1 Å². The van der Waals surface area contributed by atoms with Crippen LogP contribution in [0.5, 0.6) is 0 Å². The largest absolute Gasteiger partial charge is 0.398 e. The zero-order chi connectivity index (χ0) is 14.8. The van der Waals surface area contributed by atoms with Crippen molar-refractivity contribution in [1.29, 1.82) is 0 Å². The first-order valence-corrected chi connectivity index (χ1v) is 8.12. The Bertz CT molecular complexity index is 807. The average molecular weight is 363 g/mol. The molecular weight excluding hydrogens is 351 g/mol. The Morgan fingerprint density at radius 2 is 2.05 bits per heavy atom. The Labute approximate surface area is 134 Å². The van der Waals surface area contributed by atoms with Crippen molar-refractivity contribution in [2.75, 3.05) is 5.73 Å². The van der Waals surface area contributed by atoms with Crippen LogP contribution in [0.1, 0.15) is 5.56 Å². The highest BCUT2D eigenvalue weighted by Crippen LogP contribution is 2.32. The smallest absolute Gasteiger partial charge is 0.124 e. The molecule has 0 saturated carbocycles. The van der Waals surface area contributed by atoms with Gasteiger partial charge in [0.2, 0.25) is 0 Å². The summed E-state index contributed by atoms with van der Waals surface area (Å²) in [6.07, 6.45) is 1.72. The van der Waals surface area contributed by atoms with Gasteiger partial charge in [0.05, 0.1) is 5.52 Å². The van der Waals surface area contributed by atoms with Crippen LogP contribution in [0.3, 0.4) is 0 Å². The molecule has 3 rings (SSSR count). The maximum atomic E-state index is 13.7. The van der Waals surface area contributed by atoms with Crippen molar-refractivity contribution in [3.05, 3.63) is 64.5 Å². The molecule has 0 bridgehead atoms. The molecule has 1 heterocycles. The van der Waals surface area contributed by atoms with E-state index in [0.717, 1.165) is 31.5 Å². The van der Waals surface area contributed by atoms with Crippen LogP contribution in [-0.2, 0) is 5.75 Å². The van der Waals surface area contributed by atoms with Crippen molar-refractivity contribution >= 4 is 44.3 Å². The molecule has 0 aliphatic heterocycles. The molecule has 2 nitrogen and oxygen atoms in total. The summed E-state index contributed by atoms with van der Waals surface area (Å²) in [6, 6.07) is 12.4. The van der Waals surface area contributed by atoms with E-state index < -0.39 is 0 Å². The molecule has 0 atom stereocenters. The third-order valence-corrected chi connectivity index (χ3v) is 4.72. The predicted octanol–water partition coefficient (Wildman–Crippen LogP) is 5.01. The van der Waals surface area contributed by atoms with Gasteiger partial charge in [-0.1, -0.05) is 22.0 Å². The van der Waals surface area contributed by atoms with Crippen molar-refractivity contribution < 1.29 is 4.39 Å². The lowest BCUT2D eigenvalue weighted by atomic mass is 10.1. The number of fused-ring (bicyclic) bond motifs is 1. The molecule has 0 amide bonds. The van der Waals surface area contributed by atoms with Crippen molar-refractivity contribution in [2.24, 2.45) is 0 Å². The molecule has 0 aliphatic carbocycles. The minimum absolute atomic E-state index is 0.242. The van der Waals surface area contributed by atoms with Gasteiger partial charge < -0.3 is 5.73 Å². The number of nitrogens with two attached hydrogens (primary N) is 1. The summed E-state index contributed by atoms with van der Waals surface area (Å²) >= 11 is 5.01. The van der Waals surface area contributed by atoms with Crippen LogP contribution in [0, 0.1) is 5.82 Å². The summed E-state index contributed by atoms with van der Waals surface area (Å²) in [7, 11) is 0. The molecule has 2 N–H and O–H groups in total. The Morgan fingerprint density at radius 3 is 2.90 bits per heavy atom. The predicted molar refractivity (Wildman–Crippen MR) is 89.8 cm³/mol. The van der Waals surface area contributed by atoms with Crippen LogP contribution < -0.4 is 5.73 Å². The Hall–Kier alpha value is -1.59. The number of rotatable bonds is 3. The third-order valence-electron chi connectivity index (χ3n) is 3.11. The van der Waals surface area contributed by atoms with E-state index in [4.69, 9.17) is 5.73 Å². The Morgan fingerprint density at radius 1 is 1.19 bits per heavy atom. The molecule has 0 aliphatic rings. The van der Waals surface area contributed by atoms with Gasteiger partial charge in [-0.15, -0.1) is 11.8 Å². The number of hydrogen-bond acceptors (Lipinski definition) is 3. The fraction of sp³-hybridized carbons (Fsp3) is 0.0625. The number of halogens is 2. The molecule has 21 heavy (non-hydrogen) atoms. The first kappa shape index (κ1) is 14.4. The van der Waals surface area contributed by atoms with E-state index >= 15 is 0 Å². The van der Waals surface area contributed by atoms with Gasteiger partial charge in [-0.3, -0.25) is 4.98 Å². The van der Waals surface area contributed by atoms with Crippen LogP contribution in [0.4, 0.5) is 10.1 Å². The molecule has 2 aromatic carbocycles. The second-order valence-corrected chi connectivity index (χ2v) is 6.54. The van der Waals surface area contributed by atoms with E-state index in [2.05, 4.69) is 20.9 Å². The van der Waals surface area contributed by atoms with Crippen molar-refractivity contribution in [3.63, 3.8) is 0 Å². The number of nitrogen functional groups attached to an aromatic ring is 1. The van der Waals surface area contributed by atoms with Crippen LogP contribution in [0.25, 0.3) is 10.9 Å². The van der Waals surface area contributed by atoms with Gasteiger partial charge >= 0.3 is 0 Å². The molecule has 106 valence electrons. The molecule has 0 fully saturated rings. The van der Waals surface area contributed by atoms with Crippen LogP contribution in [0.15, 0.2) is 58.0 Å². The van der Waals surface area contributed by atoms with Gasteiger partial charge in [0.25, 0.3) is 0 Å². The summed E-state index contributed by atoms with van der Waals surface area (Å²) in [5, 5.41) is 0.815.